The van der Waals surface area contributed by atoms with Crippen molar-refractivity contribution in [2.24, 2.45) is 9.98 Å². The van der Waals surface area contributed by atoms with Gasteiger partial charge in [0, 0.05) is 29.7 Å². The Morgan fingerprint density at radius 1 is 0.850 bits per heavy atom. The Hall–Kier alpha value is -3.84. The molecule has 13 nitrogen and oxygen atoms in total. The maximum atomic E-state index is 11.4. The molecule has 4 rings (SSSR count). The van der Waals surface area contributed by atoms with E-state index >= 15 is 0 Å². The van der Waals surface area contributed by atoms with Crippen LogP contribution in [0.5, 0.6) is 5.75 Å². The van der Waals surface area contributed by atoms with E-state index in [1.54, 1.807) is 24.5 Å². The third-order valence-electron chi connectivity index (χ3n) is 4.63. The van der Waals surface area contributed by atoms with Gasteiger partial charge in [0.1, 0.15) is 0 Å². The largest absolute Gasteiger partial charge is 2.00 e. The molecule has 0 fully saturated rings. The van der Waals surface area contributed by atoms with Gasteiger partial charge in [0.15, 0.2) is 0 Å². The smallest absolute Gasteiger partial charge is 0.871 e. The molecule has 0 spiro atoms. The number of fused-ring (bicyclic) bond motifs is 3. The minimum atomic E-state index is -1.75. The van der Waals surface area contributed by atoms with Crippen molar-refractivity contribution in [1.82, 2.24) is 14.9 Å². The van der Waals surface area contributed by atoms with Gasteiger partial charge >= 0.3 is 34.1 Å². The first-order valence-corrected chi connectivity index (χ1v) is 11.0. The molecule has 0 bridgehead atoms. The van der Waals surface area contributed by atoms with Gasteiger partial charge in [0.05, 0.1) is 21.8 Å². The second-order valence-corrected chi connectivity index (χ2v) is 7.67. The molecular formula is C25H27Cu2N6O7+. The molecule has 15 heteroatoms. The van der Waals surface area contributed by atoms with Crippen molar-refractivity contribution in [3.8, 4) is 5.75 Å². The normalized spacial score (nSPS) is 10.6. The summed E-state index contributed by atoms with van der Waals surface area (Å²) in [5, 5.41) is 51.2. The van der Waals surface area contributed by atoms with Crippen LogP contribution in [0.25, 0.3) is 21.8 Å². The van der Waals surface area contributed by atoms with Crippen molar-refractivity contribution < 1.29 is 60.0 Å². The summed E-state index contributed by atoms with van der Waals surface area (Å²) >= 11 is 0. The average Bonchev–Trinajstić information content (AvgIpc) is 2.87. The number of aliphatic imine (C=N–C) groups is 2. The van der Waals surface area contributed by atoms with E-state index in [4.69, 9.17) is 15.3 Å². The van der Waals surface area contributed by atoms with Crippen LogP contribution in [0, 0.1) is 15.3 Å². The first-order valence-electron chi connectivity index (χ1n) is 11.0. The zero-order valence-electron chi connectivity index (χ0n) is 21.4. The first kappa shape index (κ1) is 38.3. The second-order valence-electron chi connectivity index (χ2n) is 7.67. The molecule has 3 N–H and O–H groups in total. The predicted octanol–water partition coefficient (Wildman–Crippen LogP) is 0.478. The number of pyridine rings is 2. The third kappa shape index (κ3) is 13.3. The molecule has 0 atom stereocenters. The number of benzene rings is 2. The second kappa shape index (κ2) is 20.1. The van der Waals surface area contributed by atoms with Crippen molar-refractivity contribution in [3.63, 3.8) is 0 Å². The average molecular weight is 651 g/mol. The Kier molecular flexibility index (Phi) is 19.3. The van der Waals surface area contributed by atoms with Gasteiger partial charge < -0.3 is 46.0 Å². The predicted molar refractivity (Wildman–Crippen MR) is 141 cm³/mol. The first-order chi connectivity index (χ1) is 17.7. The van der Waals surface area contributed by atoms with Crippen LogP contribution in [0.15, 0.2) is 83.0 Å². The standard InChI is InChI=1S/C13H19N3O3.C12H8N2.2Cu.NO3.H2O/c1-16(2)9-5-8-14-12(18)13(19)15-10-6-3-4-7-11(10)17;1-3-9-5-6-10-4-2-8-14-12(10)11(9)13-7-1;;;2-1(3)4;/h3-4,6-7,17H,5,8-9H2,1-2H3,(H,14,18)(H,15,19);1-8H;;;;1H2/q;;2*+2;-1;/p-2. The summed E-state index contributed by atoms with van der Waals surface area (Å²) < 4.78 is 0. The van der Waals surface area contributed by atoms with Crippen LogP contribution >= 0.6 is 0 Å². The minimum Gasteiger partial charge on any atom is -0.871 e. The Morgan fingerprint density at radius 3 is 1.82 bits per heavy atom. The number of para-hydroxylation sites is 2. The fourth-order valence-corrected chi connectivity index (χ4v) is 3.02. The summed E-state index contributed by atoms with van der Waals surface area (Å²) in [6, 6.07) is 17.9. The van der Waals surface area contributed by atoms with E-state index in [-0.39, 0.29) is 51.8 Å². The molecule has 4 aromatic rings. The minimum absolute atomic E-state index is 0. The number of hydrogen-bond donors (Lipinski definition) is 0. The molecular weight excluding hydrogens is 623 g/mol. The molecule has 0 aliphatic carbocycles. The van der Waals surface area contributed by atoms with E-state index < -0.39 is 22.6 Å². The van der Waals surface area contributed by atoms with Crippen LogP contribution < -0.4 is 15.3 Å². The van der Waals surface area contributed by atoms with Crippen LogP contribution in [0.3, 0.4) is 0 Å². The van der Waals surface area contributed by atoms with Crippen molar-refractivity contribution in [3.05, 3.63) is 88.4 Å². The summed E-state index contributed by atoms with van der Waals surface area (Å²) in [4.78, 5) is 26.0. The van der Waals surface area contributed by atoms with Crippen molar-refractivity contribution in [2.45, 2.75) is 6.42 Å². The number of aromatic nitrogens is 2. The van der Waals surface area contributed by atoms with Gasteiger partial charge in [-0.05, 0) is 57.1 Å². The topological polar surface area (TPSA) is 222 Å². The summed E-state index contributed by atoms with van der Waals surface area (Å²) in [6.07, 6.45) is 4.29. The van der Waals surface area contributed by atoms with Crippen LogP contribution in [0.1, 0.15) is 6.42 Å². The van der Waals surface area contributed by atoms with Crippen molar-refractivity contribution >= 4 is 39.3 Å². The van der Waals surface area contributed by atoms with Gasteiger partial charge in [0.2, 0.25) is 0 Å². The number of rotatable bonds is 5. The van der Waals surface area contributed by atoms with Gasteiger partial charge in [-0.2, -0.15) is 0 Å². The van der Waals surface area contributed by atoms with Crippen molar-refractivity contribution in [1.29, 1.82) is 0 Å². The fraction of sp³-hybridized carbons (Fsp3) is 0.200. The van der Waals surface area contributed by atoms with E-state index in [0.29, 0.717) is 6.42 Å². The Balaban J connectivity index is 0. The quantitative estimate of drug-likeness (QED) is 0.0427. The van der Waals surface area contributed by atoms with E-state index in [1.807, 2.05) is 31.1 Å². The van der Waals surface area contributed by atoms with Gasteiger partial charge in [-0.15, -0.1) is 0 Å². The molecule has 2 heterocycles. The Bertz CT molecular complexity index is 1330. The van der Waals surface area contributed by atoms with E-state index in [1.165, 1.54) is 12.1 Å². The molecule has 0 saturated carbocycles. The molecule has 220 valence electrons. The molecule has 2 aromatic heterocycles. The molecule has 40 heavy (non-hydrogen) atoms. The zero-order chi connectivity index (χ0) is 27.2. The third-order valence-corrected chi connectivity index (χ3v) is 4.63. The molecule has 2 radical (unpaired) electrons. The van der Waals surface area contributed by atoms with Crippen LogP contribution in [-0.2, 0) is 39.6 Å². The van der Waals surface area contributed by atoms with E-state index in [9.17, 15) is 15.3 Å². The summed E-state index contributed by atoms with van der Waals surface area (Å²) in [7, 11) is 3.82. The van der Waals surface area contributed by atoms with Crippen LogP contribution in [-0.4, -0.2) is 58.9 Å². The Labute approximate surface area is 251 Å². The van der Waals surface area contributed by atoms with Crippen LogP contribution in [0.4, 0.5) is 5.69 Å². The Morgan fingerprint density at radius 2 is 1.35 bits per heavy atom. The van der Waals surface area contributed by atoms with E-state index in [0.717, 1.165) is 28.4 Å². The maximum absolute atomic E-state index is 11.4. The van der Waals surface area contributed by atoms with Gasteiger partial charge in [0.25, 0.3) is 0 Å². The summed E-state index contributed by atoms with van der Waals surface area (Å²) in [6.45, 7) is 1.06. The summed E-state index contributed by atoms with van der Waals surface area (Å²) in [5.41, 5.74) is 1.92. The fourth-order valence-electron chi connectivity index (χ4n) is 3.02. The van der Waals surface area contributed by atoms with E-state index in [2.05, 4.69) is 44.2 Å². The zero-order valence-corrected chi connectivity index (χ0v) is 23.2. The SMILES string of the molecule is CN(C)CCCN=C([O-])C([O-])=Nc1ccccc1[O-].O=[N+]([O-])[O-].[Cu+2].[Cu+2].[OH3+].c1cnc2c(c1)ccc1cccnc12. The van der Waals surface area contributed by atoms with Gasteiger partial charge in [-0.1, -0.05) is 48.2 Å². The summed E-state index contributed by atoms with van der Waals surface area (Å²) in [5.74, 6) is -2.31. The molecule has 0 unspecified atom stereocenters. The molecule has 0 aliphatic heterocycles. The molecule has 0 saturated heterocycles. The van der Waals surface area contributed by atoms with Crippen LogP contribution in [0.2, 0.25) is 0 Å². The van der Waals surface area contributed by atoms with Gasteiger partial charge in [-0.3, -0.25) is 15.0 Å². The van der Waals surface area contributed by atoms with Gasteiger partial charge in [-0.25, -0.2) is 0 Å². The monoisotopic (exact) mass is 649 g/mol. The molecule has 0 amide bonds. The maximum Gasteiger partial charge on any atom is 2.00 e. The number of nitrogens with zero attached hydrogens (tertiary/aromatic N) is 6. The molecule has 0 aliphatic rings. The number of hydrogen-bond acceptors (Lipinski definition) is 11. The molecule has 2 aromatic carbocycles. The van der Waals surface area contributed by atoms with Crippen molar-refractivity contribution in [2.75, 3.05) is 27.2 Å².